The van der Waals surface area contributed by atoms with Crippen LogP contribution in [0.15, 0.2) is 53.1 Å². The molecule has 0 atom stereocenters. The molecule has 5 heteroatoms. The summed E-state index contributed by atoms with van der Waals surface area (Å²) in [5.74, 6) is -0.233. The van der Waals surface area contributed by atoms with Crippen LogP contribution in [0.3, 0.4) is 0 Å². The molecule has 21 heavy (non-hydrogen) atoms. The van der Waals surface area contributed by atoms with Crippen LogP contribution in [0.4, 0.5) is 15.8 Å². The van der Waals surface area contributed by atoms with E-state index >= 15 is 0 Å². The van der Waals surface area contributed by atoms with Crippen LogP contribution >= 0.6 is 15.9 Å². The van der Waals surface area contributed by atoms with E-state index in [0.29, 0.717) is 17.8 Å². The summed E-state index contributed by atoms with van der Waals surface area (Å²) in [6, 6.07) is 12.4. The summed E-state index contributed by atoms with van der Waals surface area (Å²) in [6.07, 6.45) is 1.69. The Kier molecular flexibility index (Phi) is 3.75. The smallest absolute Gasteiger partial charge is 0.128 e. The van der Waals surface area contributed by atoms with Gasteiger partial charge in [-0.05, 0) is 30.3 Å². The average Bonchev–Trinajstić information content (AvgIpc) is 2.49. The Balaban J connectivity index is 1.92. The fourth-order valence-corrected chi connectivity index (χ4v) is 2.63. The van der Waals surface area contributed by atoms with Gasteiger partial charge in [0, 0.05) is 33.9 Å². The number of anilines is 2. The molecule has 3 aromatic rings. The predicted molar refractivity (Wildman–Crippen MR) is 87.6 cm³/mol. The second-order valence-electron chi connectivity index (χ2n) is 4.69. The Hall–Kier alpha value is -2.14. The maximum absolute atomic E-state index is 13.8. The highest BCUT2D eigenvalue weighted by Gasteiger charge is 2.06. The molecule has 0 aliphatic rings. The molecular weight excluding hydrogens is 333 g/mol. The molecule has 3 N–H and O–H groups in total. The van der Waals surface area contributed by atoms with Crippen molar-refractivity contribution in [2.24, 2.45) is 0 Å². The number of halogens is 2. The van der Waals surface area contributed by atoms with E-state index in [4.69, 9.17) is 5.73 Å². The Morgan fingerprint density at radius 1 is 1.19 bits per heavy atom. The number of hydrogen-bond acceptors (Lipinski definition) is 3. The molecule has 0 saturated carbocycles. The molecule has 0 amide bonds. The van der Waals surface area contributed by atoms with Crippen LogP contribution in [-0.4, -0.2) is 4.98 Å². The van der Waals surface area contributed by atoms with Gasteiger partial charge in [0.05, 0.1) is 11.2 Å². The number of nitrogens with two attached hydrogens (primary N) is 1. The van der Waals surface area contributed by atoms with Gasteiger partial charge in [0.25, 0.3) is 0 Å². The Bertz CT molecular complexity index is 805. The summed E-state index contributed by atoms with van der Waals surface area (Å²) in [5, 5.41) is 4.17. The van der Waals surface area contributed by atoms with Gasteiger partial charge in [-0.3, -0.25) is 4.98 Å². The lowest BCUT2D eigenvalue weighted by Gasteiger charge is -2.11. The highest BCUT2D eigenvalue weighted by Crippen LogP contribution is 2.26. The van der Waals surface area contributed by atoms with E-state index in [2.05, 4.69) is 26.2 Å². The van der Waals surface area contributed by atoms with E-state index in [1.54, 1.807) is 18.3 Å². The van der Waals surface area contributed by atoms with Gasteiger partial charge in [-0.25, -0.2) is 4.39 Å². The number of nitrogens with zero attached hydrogens (tertiary/aromatic N) is 1. The summed E-state index contributed by atoms with van der Waals surface area (Å²) < 4.78 is 14.6. The minimum Gasteiger partial charge on any atom is -0.397 e. The first-order valence-corrected chi connectivity index (χ1v) is 7.25. The van der Waals surface area contributed by atoms with Crippen LogP contribution in [0.25, 0.3) is 10.9 Å². The first-order chi connectivity index (χ1) is 10.1. The zero-order valence-corrected chi connectivity index (χ0v) is 12.7. The van der Waals surface area contributed by atoms with Gasteiger partial charge < -0.3 is 11.1 Å². The molecule has 0 radical (unpaired) electrons. The third-order valence-corrected chi connectivity index (χ3v) is 3.77. The quantitative estimate of drug-likeness (QED) is 0.694. The van der Waals surface area contributed by atoms with Gasteiger partial charge in [0.1, 0.15) is 5.82 Å². The summed E-state index contributed by atoms with van der Waals surface area (Å²) in [7, 11) is 0. The normalized spacial score (nSPS) is 10.8. The van der Waals surface area contributed by atoms with E-state index in [1.165, 1.54) is 6.07 Å². The number of hydrogen-bond donors (Lipinski definition) is 2. The number of para-hydroxylation sites is 1. The van der Waals surface area contributed by atoms with Crippen LogP contribution in [0.5, 0.6) is 0 Å². The molecule has 0 bridgehead atoms. The summed E-state index contributed by atoms with van der Waals surface area (Å²) in [4.78, 5) is 4.28. The third kappa shape index (κ3) is 2.83. The van der Waals surface area contributed by atoms with Crippen LogP contribution < -0.4 is 11.1 Å². The summed E-state index contributed by atoms with van der Waals surface area (Å²) in [5.41, 5.74) is 8.77. The lowest BCUT2D eigenvalue weighted by atomic mass is 10.1. The Morgan fingerprint density at radius 3 is 2.90 bits per heavy atom. The monoisotopic (exact) mass is 345 g/mol. The molecule has 3 nitrogen and oxygen atoms in total. The summed E-state index contributed by atoms with van der Waals surface area (Å²) >= 11 is 3.35. The number of nitrogens with one attached hydrogen (secondary N) is 1. The predicted octanol–water partition coefficient (Wildman–Crippen LogP) is 4.33. The molecule has 2 aromatic carbocycles. The highest BCUT2D eigenvalue weighted by molar-refractivity contribution is 9.10. The Morgan fingerprint density at radius 2 is 2.05 bits per heavy atom. The third-order valence-electron chi connectivity index (χ3n) is 3.28. The topological polar surface area (TPSA) is 50.9 Å². The first-order valence-electron chi connectivity index (χ1n) is 6.46. The molecule has 0 aliphatic heterocycles. The molecule has 3 rings (SSSR count). The molecule has 0 spiro atoms. The SMILES string of the molecule is Nc1cccc2c(NCc3cc(Br)ccc3F)ccnc12. The van der Waals surface area contributed by atoms with Crippen LogP contribution in [-0.2, 0) is 6.54 Å². The second-order valence-corrected chi connectivity index (χ2v) is 5.61. The highest BCUT2D eigenvalue weighted by atomic mass is 79.9. The van der Waals surface area contributed by atoms with Crippen LogP contribution in [0.2, 0.25) is 0 Å². The largest absolute Gasteiger partial charge is 0.397 e. The van der Waals surface area contributed by atoms with Gasteiger partial charge in [-0.1, -0.05) is 28.1 Å². The zero-order chi connectivity index (χ0) is 14.8. The van der Waals surface area contributed by atoms with E-state index < -0.39 is 0 Å². The fraction of sp³-hybridized carbons (Fsp3) is 0.0625. The maximum atomic E-state index is 13.8. The van der Waals surface area contributed by atoms with Crippen molar-refractivity contribution in [3.05, 3.63) is 64.5 Å². The molecule has 0 fully saturated rings. The van der Waals surface area contributed by atoms with Gasteiger partial charge in [-0.2, -0.15) is 0 Å². The van der Waals surface area contributed by atoms with Crippen molar-refractivity contribution in [3.63, 3.8) is 0 Å². The number of nitrogen functional groups attached to an aromatic ring is 1. The zero-order valence-electron chi connectivity index (χ0n) is 11.1. The average molecular weight is 346 g/mol. The van der Waals surface area contributed by atoms with E-state index in [0.717, 1.165) is 21.1 Å². The molecule has 1 heterocycles. The minimum absolute atomic E-state index is 0.233. The Labute approximate surface area is 130 Å². The van der Waals surface area contributed by atoms with Gasteiger partial charge in [-0.15, -0.1) is 0 Å². The van der Waals surface area contributed by atoms with Crippen LogP contribution in [0, 0.1) is 5.82 Å². The molecule has 1 aromatic heterocycles. The van der Waals surface area contributed by atoms with E-state index in [9.17, 15) is 4.39 Å². The number of fused-ring (bicyclic) bond motifs is 1. The standard InChI is InChI=1S/C16H13BrFN3/c17-11-4-5-13(18)10(8-11)9-21-15-6-7-20-16-12(15)2-1-3-14(16)19/h1-8H,9,19H2,(H,20,21). The molecular formula is C16H13BrFN3. The van der Waals surface area contributed by atoms with Gasteiger partial charge >= 0.3 is 0 Å². The fourth-order valence-electron chi connectivity index (χ4n) is 2.22. The first kappa shape index (κ1) is 13.8. The van der Waals surface area contributed by atoms with Gasteiger partial charge in [0.15, 0.2) is 0 Å². The number of pyridine rings is 1. The van der Waals surface area contributed by atoms with E-state index in [1.807, 2.05) is 24.3 Å². The lowest BCUT2D eigenvalue weighted by Crippen LogP contribution is -2.03. The number of benzene rings is 2. The molecule has 0 unspecified atom stereocenters. The number of aromatic nitrogens is 1. The van der Waals surface area contributed by atoms with Gasteiger partial charge in [0.2, 0.25) is 0 Å². The van der Waals surface area contributed by atoms with Crippen molar-refractivity contribution in [3.8, 4) is 0 Å². The van der Waals surface area contributed by atoms with Crippen molar-refractivity contribution < 1.29 is 4.39 Å². The molecule has 0 aliphatic carbocycles. The molecule has 0 saturated heterocycles. The second kappa shape index (κ2) is 5.69. The lowest BCUT2D eigenvalue weighted by molar-refractivity contribution is 0.612. The van der Waals surface area contributed by atoms with Crippen molar-refractivity contribution in [2.75, 3.05) is 11.1 Å². The van der Waals surface area contributed by atoms with Crippen molar-refractivity contribution in [2.45, 2.75) is 6.54 Å². The maximum Gasteiger partial charge on any atom is 0.128 e. The number of rotatable bonds is 3. The van der Waals surface area contributed by atoms with E-state index in [-0.39, 0.29) is 5.82 Å². The molecule has 106 valence electrons. The van der Waals surface area contributed by atoms with Crippen molar-refractivity contribution in [1.29, 1.82) is 0 Å². The van der Waals surface area contributed by atoms with Crippen molar-refractivity contribution in [1.82, 2.24) is 4.98 Å². The summed E-state index contributed by atoms with van der Waals surface area (Å²) in [6.45, 7) is 0.388. The minimum atomic E-state index is -0.233. The van der Waals surface area contributed by atoms with Crippen molar-refractivity contribution >= 4 is 38.2 Å². The van der Waals surface area contributed by atoms with Crippen LogP contribution in [0.1, 0.15) is 5.56 Å².